The van der Waals surface area contributed by atoms with Gasteiger partial charge in [-0.3, -0.25) is 9.59 Å². The van der Waals surface area contributed by atoms with Gasteiger partial charge < -0.3 is 19.9 Å². The molecule has 3 aliphatic heterocycles. The Hall–Kier alpha value is -2.74. The molecule has 0 aliphatic carbocycles. The molecule has 2 saturated heterocycles. The Morgan fingerprint density at radius 3 is 2.72 bits per heavy atom. The Bertz CT molecular complexity index is 998. The molecule has 5 heterocycles. The largest absolute Gasteiger partial charge is 0.384 e. The third-order valence-electron chi connectivity index (χ3n) is 6.42. The van der Waals surface area contributed by atoms with Crippen molar-refractivity contribution in [3.63, 3.8) is 0 Å². The van der Waals surface area contributed by atoms with E-state index in [2.05, 4.69) is 9.97 Å². The summed E-state index contributed by atoms with van der Waals surface area (Å²) >= 11 is 0. The van der Waals surface area contributed by atoms with Crippen molar-refractivity contribution in [3.8, 4) is 11.3 Å². The summed E-state index contributed by atoms with van der Waals surface area (Å²) in [7, 11) is 0. The maximum absolute atomic E-state index is 13.1. The van der Waals surface area contributed by atoms with Crippen LogP contribution in [0.1, 0.15) is 30.9 Å². The monoisotopic (exact) mass is 395 g/mol. The lowest BCUT2D eigenvalue weighted by Crippen LogP contribution is -2.51. The average molecular weight is 395 g/mol. The first kappa shape index (κ1) is 18.3. The van der Waals surface area contributed by atoms with Crippen molar-refractivity contribution in [2.45, 2.75) is 31.7 Å². The maximum atomic E-state index is 13.1. The summed E-state index contributed by atoms with van der Waals surface area (Å²) in [6.45, 7) is 3.40. The zero-order valence-electron chi connectivity index (χ0n) is 16.3. The van der Waals surface area contributed by atoms with Crippen LogP contribution < -0.4 is 11.3 Å². The van der Waals surface area contributed by atoms with Gasteiger partial charge in [-0.25, -0.2) is 9.97 Å². The number of fused-ring (bicyclic) bond motifs is 4. The lowest BCUT2D eigenvalue weighted by Gasteiger charge is -2.44. The molecule has 29 heavy (non-hydrogen) atoms. The normalized spacial score (nSPS) is 24.2. The molecular formula is C21H25N5O3. The predicted octanol–water partition coefficient (Wildman–Crippen LogP) is 1.26. The van der Waals surface area contributed by atoms with Gasteiger partial charge in [0.05, 0.1) is 5.69 Å². The summed E-state index contributed by atoms with van der Waals surface area (Å²) in [5, 5.41) is 0. The first-order valence-electron chi connectivity index (χ1n) is 10.3. The lowest BCUT2D eigenvalue weighted by molar-refractivity contribution is -0.141. The van der Waals surface area contributed by atoms with E-state index in [0.717, 1.165) is 37.1 Å². The van der Waals surface area contributed by atoms with E-state index in [1.165, 1.54) is 6.33 Å². The summed E-state index contributed by atoms with van der Waals surface area (Å²) in [5.41, 5.74) is 8.15. The van der Waals surface area contributed by atoms with E-state index in [1.54, 1.807) is 12.1 Å². The van der Waals surface area contributed by atoms with Crippen LogP contribution >= 0.6 is 0 Å². The van der Waals surface area contributed by atoms with Gasteiger partial charge in [-0.15, -0.1) is 0 Å². The van der Waals surface area contributed by atoms with Gasteiger partial charge in [0.2, 0.25) is 5.91 Å². The first-order chi connectivity index (χ1) is 14.1. The lowest BCUT2D eigenvalue weighted by atomic mass is 9.82. The van der Waals surface area contributed by atoms with Crippen LogP contribution in [0.5, 0.6) is 0 Å². The van der Waals surface area contributed by atoms with Crippen LogP contribution in [0.4, 0.5) is 5.82 Å². The molecule has 2 atom stereocenters. The first-order valence-corrected chi connectivity index (χ1v) is 10.3. The molecule has 0 saturated carbocycles. The van der Waals surface area contributed by atoms with Crippen molar-refractivity contribution in [2.75, 3.05) is 32.0 Å². The van der Waals surface area contributed by atoms with Crippen LogP contribution in [0, 0.1) is 11.8 Å². The molecule has 2 aromatic rings. The van der Waals surface area contributed by atoms with E-state index in [4.69, 9.17) is 10.5 Å². The highest BCUT2D eigenvalue weighted by molar-refractivity contribution is 5.79. The highest BCUT2D eigenvalue weighted by atomic mass is 16.5. The van der Waals surface area contributed by atoms with Crippen LogP contribution in [0.2, 0.25) is 0 Å². The van der Waals surface area contributed by atoms with E-state index < -0.39 is 0 Å². The van der Waals surface area contributed by atoms with Gasteiger partial charge in [-0.2, -0.15) is 0 Å². The number of nitrogens with zero attached hydrogens (tertiary/aromatic N) is 4. The molecule has 8 nitrogen and oxygen atoms in total. The number of anilines is 1. The number of rotatable bonds is 2. The molecule has 2 aromatic heterocycles. The number of piperidine rings is 1. The second-order valence-electron chi connectivity index (χ2n) is 8.37. The highest BCUT2D eigenvalue weighted by Crippen LogP contribution is 2.37. The fourth-order valence-electron chi connectivity index (χ4n) is 5.02. The molecule has 8 heteroatoms. The van der Waals surface area contributed by atoms with E-state index in [1.807, 2.05) is 15.5 Å². The van der Waals surface area contributed by atoms with Crippen LogP contribution in [-0.2, 0) is 16.1 Å². The van der Waals surface area contributed by atoms with Crippen LogP contribution in [-0.4, -0.2) is 51.6 Å². The fourth-order valence-corrected chi connectivity index (χ4v) is 5.02. The Labute approximate surface area is 168 Å². The van der Waals surface area contributed by atoms with Gasteiger partial charge in [0, 0.05) is 68.1 Å². The zero-order valence-corrected chi connectivity index (χ0v) is 16.3. The summed E-state index contributed by atoms with van der Waals surface area (Å²) in [5.74, 6) is 1.18. The third kappa shape index (κ3) is 3.42. The number of hydrogen-bond donors (Lipinski definition) is 1. The van der Waals surface area contributed by atoms with Gasteiger partial charge in [0.1, 0.15) is 12.1 Å². The summed E-state index contributed by atoms with van der Waals surface area (Å²) in [6, 6.07) is 5.34. The molecule has 152 valence electrons. The summed E-state index contributed by atoms with van der Waals surface area (Å²) in [4.78, 5) is 36.1. The van der Waals surface area contributed by atoms with Crippen molar-refractivity contribution >= 4 is 11.7 Å². The highest BCUT2D eigenvalue weighted by Gasteiger charge is 2.38. The number of hydrogen-bond acceptors (Lipinski definition) is 6. The molecule has 3 aliphatic rings. The molecule has 0 radical (unpaired) electrons. The minimum atomic E-state index is -0.0198. The smallest absolute Gasteiger partial charge is 0.251 e. The second-order valence-corrected chi connectivity index (χ2v) is 8.37. The van der Waals surface area contributed by atoms with Gasteiger partial charge in [-0.1, -0.05) is 0 Å². The Morgan fingerprint density at radius 2 is 1.93 bits per heavy atom. The standard InChI is InChI=1S/C21H25N5O3/c22-19-8-17(23-12-24-19)15-6-18-16-5-13(10-26(18)20(27)7-15)9-25(11-16)21(28)14-1-3-29-4-2-14/h6-8,12-14,16H,1-5,9-11H2,(H2,22,23,24)/t13-,16+/m0/s1. The molecule has 2 fully saturated rings. The molecule has 5 rings (SSSR count). The predicted molar refractivity (Wildman–Crippen MR) is 107 cm³/mol. The number of nitrogens with two attached hydrogens (primary N) is 1. The Kier molecular flexibility index (Phi) is 4.58. The Balaban J connectivity index is 1.45. The van der Waals surface area contributed by atoms with E-state index in [-0.39, 0.29) is 23.3 Å². The van der Waals surface area contributed by atoms with Crippen molar-refractivity contribution in [1.29, 1.82) is 0 Å². The van der Waals surface area contributed by atoms with Crippen molar-refractivity contribution in [1.82, 2.24) is 19.4 Å². The minimum absolute atomic E-state index is 0.0198. The summed E-state index contributed by atoms with van der Waals surface area (Å²) < 4.78 is 7.29. The van der Waals surface area contributed by atoms with E-state index in [9.17, 15) is 9.59 Å². The number of aromatic nitrogens is 3. The number of ether oxygens (including phenoxy) is 1. The Morgan fingerprint density at radius 1 is 1.10 bits per heavy atom. The van der Waals surface area contributed by atoms with Crippen LogP contribution in [0.3, 0.4) is 0 Å². The number of carbonyl (C=O) groups is 1. The van der Waals surface area contributed by atoms with Gasteiger partial charge in [0.25, 0.3) is 5.56 Å². The number of likely N-dealkylation sites (tertiary alicyclic amines) is 1. The number of nitrogen functional groups attached to an aromatic ring is 1. The van der Waals surface area contributed by atoms with Gasteiger partial charge >= 0.3 is 0 Å². The fraction of sp³-hybridized carbons (Fsp3) is 0.524. The zero-order chi connectivity index (χ0) is 20.0. The molecule has 2 N–H and O–H groups in total. The molecule has 2 bridgehead atoms. The third-order valence-corrected chi connectivity index (χ3v) is 6.42. The van der Waals surface area contributed by atoms with Gasteiger partial charge in [0.15, 0.2) is 0 Å². The number of pyridine rings is 1. The van der Waals surface area contributed by atoms with Crippen molar-refractivity contribution in [3.05, 3.63) is 40.6 Å². The SMILES string of the molecule is Nc1cc(-c2cc3n(c(=O)c2)C[C@H]2C[C@@H]3CN(C(=O)C3CCOCC3)C2)ncn1. The van der Waals surface area contributed by atoms with Crippen molar-refractivity contribution < 1.29 is 9.53 Å². The molecular weight excluding hydrogens is 370 g/mol. The molecule has 0 unspecified atom stereocenters. The van der Waals surface area contributed by atoms with E-state index >= 15 is 0 Å². The molecule has 1 amide bonds. The van der Waals surface area contributed by atoms with Crippen molar-refractivity contribution in [2.24, 2.45) is 11.8 Å². The van der Waals surface area contributed by atoms with Gasteiger partial charge in [-0.05, 0) is 31.2 Å². The molecule has 0 aromatic carbocycles. The number of carbonyl (C=O) groups excluding carboxylic acids is 1. The van der Waals surface area contributed by atoms with Crippen LogP contribution in [0.25, 0.3) is 11.3 Å². The second kappa shape index (κ2) is 7.26. The quantitative estimate of drug-likeness (QED) is 0.821. The summed E-state index contributed by atoms with van der Waals surface area (Å²) in [6.07, 6.45) is 4.03. The molecule has 0 spiro atoms. The topological polar surface area (TPSA) is 103 Å². The minimum Gasteiger partial charge on any atom is -0.384 e. The maximum Gasteiger partial charge on any atom is 0.251 e. The average Bonchev–Trinajstić information content (AvgIpc) is 2.74. The van der Waals surface area contributed by atoms with Crippen LogP contribution in [0.15, 0.2) is 29.3 Å². The van der Waals surface area contributed by atoms with E-state index in [0.29, 0.717) is 43.7 Å². The number of amides is 1.